The number of fused-ring (bicyclic) bond motifs is 1. The number of ether oxygens (including phenoxy) is 1. The van der Waals surface area contributed by atoms with Crippen molar-refractivity contribution >= 4 is 44.6 Å². The quantitative estimate of drug-likeness (QED) is 0.0282. The number of pyridine rings is 1. The fraction of sp³-hybridized carbons (Fsp3) is 0.292. The van der Waals surface area contributed by atoms with Gasteiger partial charge in [-0.15, -0.1) is 0 Å². The number of halogens is 24. The summed E-state index contributed by atoms with van der Waals surface area (Å²) in [6.45, 7) is 2.49. The zero-order valence-electron chi connectivity index (χ0n) is 48.1. The van der Waals surface area contributed by atoms with Crippen molar-refractivity contribution in [3.05, 3.63) is 220 Å². The first-order valence-corrected chi connectivity index (χ1v) is 28.1. The summed E-state index contributed by atoms with van der Waals surface area (Å²) >= 11 is 0. The summed E-state index contributed by atoms with van der Waals surface area (Å²) in [5, 5.41) is 2.08. The lowest BCUT2D eigenvalue weighted by atomic mass is 9.12. The molecule has 0 fully saturated rings. The smallest absolute Gasteiger partial charge is 0.405 e. The van der Waals surface area contributed by atoms with Crippen molar-refractivity contribution in [1.82, 2.24) is 0 Å². The molecule has 7 aromatic carbocycles. The van der Waals surface area contributed by atoms with Crippen LogP contribution >= 0.6 is 0 Å². The van der Waals surface area contributed by atoms with Gasteiger partial charge >= 0.3 is 55.3 Å². The molecule has 498 valence electrons. The highest BCUT2D eigenvalue weighted by molar-refractivity contribution is 7.20. The summed E-state index contributed by atoms with van der Waals surface area (Å²) in [7, 11) is 0. The Balaban J connectivity index is 0.000000291. The molecule has 0 amide bonds. The normalized spacial score (nSPS) is 13.0. The molecule has 8 rings (SSSR count). The van der Waals surface area contributed by atoms with E-state index in [1.165, 1.54) is 56.9 Å². The molecule has 0 atom stereocenters. The molecule has 0 saturated heterocycles. The maximum absolute atomic E-state index is 14.2. The van der Waals surface area contributed by atoms with Crippen LogP contribution < -0.4 is 31.2 Å². The van der Waals surface area contributed by atoms with Crippen LogP contribution in [0.4, 0.5) is 105 Å². The molecular weight excluding hydrogens is 1290 g/mol. The van der Waals surface area contributed by atoms with Crippen LogP contribution in [-0.4, -0.2) is 11.9 Å². The summed E-state index contributed by atoms with van der Waals surface area (Å²) in [6.07, 6.45) is -41.1. The molecule has 0 aliphatic heterocycles. The highest BCUT2D eigenvalue weighted by Crippen LogP contribution is 2.42. The Morgan fingerprint density at radius 3 is 1.04 bits per heavy atom. The number of hydrogen-bond donors (Lipinski definition) is 0. The van der Waals surface area contributed by atoms with E-state index in [4.69, 9.17) is 4.74 Å². The Kier molecular flexibility index (Phi) is 21.6. The van der Waals surface area contributed by atoms with Gasteiger partial charge in [0.1, 0.15) is 11.9 Å². The van der Waals surface area contributed by atoms with E-state index in [-0.39, 0.29) is 12.3 Å². The van der Waals surface area contributed by atoms with Crippen molar-refractivity contribution < 1.29 is 119 Å². The van der Waals surface area contributed by atoms with Gasteiger partial charge in [0.15, 0.2) is 6.20 Å². The van der Waals surface area contributed by atoms with Crippen LogP contribution in [0.15, 0.2) is 164 Å². The molecular formula is C65H50BF24NO2. The molecule has 0 spiro atoms. The molecule has 0 unspecified atom stereocenters. The van der Waals surface area contributed by atoms with Crippen molar-refractivity contribution in [2.24, 2.45) is 0 Å². The first-order valence-electron chi connectivity index (χ1n) is 28.1. The van der Waals surface area contributed by atoms with Crippen LogP contribution in [0, 0.1) is 0 Å². The van der Waals surface area contributed by atoms with Gasteiger partial charge in [0.25, 0.3) is 0 Å². The third kappa shape index (κ3) is 18.1. The topological polar surface area (TPSA) is 30.2 Å². The molecule has 0 bridgehead atoms. The van der Waals surface area contributed by atoms with E-state index in [1.54, 1.807) is 0 Å². The minimum absolute atomic E-state index is 0.0569. The highest BCUT2D eigenvalue weighted by Gasteiger charge is 2.47. The minimum atomic E-state index is -6.13. The second-order valence-corrected chi connectivity index (χ2v) is 21.8. The number of ketones is 1. The van der Waals surface area contributed by atoms with Crippen molar-refractivity contribution in [2.75, 3.05) is 0 Å². The minimum Gasteiger partial charge on any atom is -0.405 e. The number of rotatable bonds is 18. The number of benzene rings is 7. The zero-order valence-corrected chi connectivity index (χ0v) is 48.1. The maximum Gasteiger partial charge on any atom is 0.416 e. The molecule has 0 radical (unpaired) electrons. The third-order valence-corrected chi connectivity index (χ3v) is 15.2. The molecule has 0 N–H and O–H groups in total. The van der Waals surface area contributed by atoms with Crippen LogP contribution in [-0.2, 0) is 62.4 Å². The van der Waals surface area contributed by atoms with E-state index in [1.807, 2.05) is 77.5 Å². The van der Waals surface area contributed by atoms with Gasteiger partial charge in [-0.2, -0.15) is 132 Å². The summed E-state index contributed by atoms with van der Waals surface area (Å²) in [4.78, 5) is 12.9. The Bertz CT molecular complexity index is 3440. The van der Waals surface area contributed by atoms with Gasteiger partial charge in [-0.25, -0.2) is 0 Å². The van der Waals surface area contributed by atoms with Crippen LogP contribution in [0.25, 0.3) is 10.8 Å². The molecule has 0 aliphatic rings. The lowest BCUT2D eigenvalue weighted by Crippen LogP contribution is -2.75. The van der Waals surface area contributed by atoms with Crippen molar-refractivity contribution in [3.8, 4) is 11.6 Å². The highest BCUT2D eigenvalue weighted by atomic mass is 19.4. The number of unbranched alkanes of at least 4 members (excludes halogenated alkanes) is 7. The Morgan fingerprint density at radius 1 is 0.376 bits per heavy atom. The fourth-order valence-corrected chi connectivity index (χ4v) is 10.7. The van der Waals surface area contributed by atoms with Crippen LogP contribution in [0.1, 0.15) is 119 Å². The molecule has 0 aliphatic carbocycles. The van der Waals surface area contributed by atoms with E-state index < -0.39 is 195 Å². The monoisotopic (exact) mass is 1340 g/mol. The first-order chi connectivity index (χ1) is 43.0. The zero-order chi connectivity index (χ0) is 68.9. The molecule has 28 heteroatoms. The number of Topliss-reactive ketones (excluding diaryl/α,β-unsaturated/α-hetero) is 1. The Morgan fingerprint density at radius 2 is 0.699 bits per heavy atom. The summed E-state index contributed by atoms with van der Waals surface area (Å²) in [5.74, 6) is 1.53. The number of nitrogens with zero attached hydrogens (tertiary/aromatic N) is 1. The van der Waals surface area contributed by atoms with Gasteiger partial charge in [0.05, 0.1) is 49.9 Å². The molecule has 1 aromatic heterocycles. The number of aromatic nitrogens is 1. The van der Waals surface area contributed by atoms with Gasteiger partial charge in [-0.05, 0) is 66.3 Å². The number of carbonyl (C=O) groups is 1. The lowest BCUT2D eigenvalue weighted by molar-refractivity contribution is -0.685. The van der Waals surface area contributed by atoms with E-state index >= 15 is 0 Å². The average Bonchev–Trinajstić information content (AvgIpc) is 0.709. The molecule has 1 heterocycles. The predicted octanol–water partition coefficient (Wildman–Crippen LogP) is 19.7. The van der Waals surface area contributed by atoms with E-state index in [2.05, 4.69) is 25.1 Å². The van der Waals surface area contributed by atoms with Gasteiger partial charge in [-0.3, -0.25) is 4.79 Å². The molecule has 8 aromatic rings. The Hall–Kier alpha value is -8.20. The number of hydrogen-bond acceptors (Lipinski definition) is 2. The standard InChI is InChI=1S/C33H38NO2.C32H12BF24/c1-2-3-4-5-6-7-8-10-15-27-20-22-30(23-21-27)36-33-31-19-14-13-16-28(31)24-25-34(33)26-32(35)29-17-11-9-12-18-29;34-25(35,36)13-1-14(26(37,38)39)6-21(5-13)33(22-7-15(27(40,41)42)2-16(8-22)28(43,44)45,23-9-17(29(46,47)48)3-18(10-23)30(49,50)51)24-11-19(31(52,53)54)4-20(12-24)32(55,56)57/h9,11-14,16-25H,2-8,10,15,26H2,1H3;1-12H/q+1;-1. The molecule has 93 heavy (non-hydrogen) atoms. The number of carbonyl (C=O) groups excluding carboxylic acids is 1. The fourth-order valence-electron chi connectivity index (χ4n) is 10.7. The third-order valence-electron chi connectivity index (χ3n) is 15.2. The lowest BCUT2D eigenvalue weighted by Gasteiger charge is -2.46. The van der Waals surface area contributed by atoms with E-state index in [0.717, 1.165) is 22.9 Å². The first kappa shape index (κ1) is 72.2. The molecule has 0 saturated carbocycles. The van der Waals surface area contributed by atoms with Crippen LogP contribution in [0.2, 0.25) is 0 Å². The largest absolute Gasteiger partial charge is 0.416 e. The predicted molar refractivity (Wildman–Crippen MR) is 298 cm³/mol. The SMILES string of the molecule is CCCCCCCCCCc1ccc(Oc2c3ccccc3cc[n+]2CC(=O)c2ccccc2)cc1.FC(F)(F)c1cc([B-](c2cc(C(F)(F)F)cc(C(F)(F)F)c2)(c2cc(C(F)(F)F)cc(C(F)(F)F)c2)c2cc(C(F)(F)F)cc(C(F)(F)F)c2)cc(C(F)(F)F)c1. The van der Waals surface area contributed by atoms with Gasteiger partial charge < -0.3 is 4.74 Å². The summed E-state index contributed by atoms with van der Waals surface area (Å²) < 4.78 is 349. The summed E-state index contributed by atoms with van der Waals surface area (Å²) in [6, 6.07) is 19.2. The number of aryl methyl sites for hydroxylation is 1. The van der Waals surface area contributed by atoms with Crippen molar-refractivity contribution in [1.29, 1.82) is 0 Å². The van der Waals surface area contributed by atoms with Gasteiger partial charge in [0, 0.05) is 11.6 Å². The Labute approximate surface area is 514 Å². The van der Waals surface area contributed by atoms with Gasteiger partial charge in [0.2, 0.25) is 12.3 Å². The molecule has 3 nitrogen and oxygen atoms in total. The maximum atomic E-state index is 14.2. The summed E-state index contributed by atoms with van der Waals surface area (Å²) in [5.41, 5.74) is -28.2. The average molecular weight is 1340 g/mol. The van der Waals surface area contributed by atoms with E-state index in [0.29, 0.717) is 11.4 Å². The van der Waals surface area contributed by atoms with Crippen molar-refractivity contribution in [3.63, 3.8) is 0 Å². The number of alkyl halides is 24. The van der Waals surface area contributed by atoms with E-state index in [9.17, 15) is 110 Å². The second kappa shape index (κ2) is 27.8. The van der Waals surface area contributed by atoms with Crippen molar-refractivity contribution in [2.45, 2.75) is 121 Å². The van der Waals surface area contributed by atoms with Gasteiger partial charge in [-0.1, -0.05) is 161 Å². The van der Waals surface area contributed by atoms with Crippen LogP contribution in [0.5, 0.6) is 11.6 Å². The van der Waals surface area contributed by atoms with Crippen LogP contribution in [0.3, 0.4) is 0 Å². The second-order valence-electron chi connectivity index (χ2n) is 21.8.